The summed E-state index contributed by atoms with van der Waals surface area (Å²) >= 11 is 1.46. The molecular weight excluding hydrogens is 478 g/mol. The maximum absolute atomic E-state index is 13.3. The molecule has 0 spiro atoms. The van der Waals surface area contributed by atoms with E-state index < -0.39 is 12.0 Å². The van der Waals surface area contributed by atoms with Gasteiger partial charge >= 0.3 is 11.9 Å². The van der Waals surface area contributed by atoms with Crippen molar-refractivity contribution in [1.29, 1.82) is 0 Å². The molecule has 0 unspecified atom stereocenters. The Morgan fingerprint density at radius 1 is 1.14 bits per heavy atom. The number of hydrogen-bond donors (Lipinski definition) is 0. The fourth-order valence-electron chi connectivity index (χ4n) is 4.75. The predicted octanol–water partition coefficient (Wildman–Crippen LogP) is 4.40. The molecule has 9 heteroatoms. The van der Waals surface area contributed by atoms with Gasteiger partial charge in [0.25, 0.3) is 0 Å². The van der Waals surface area contributed by atoms with Gasteiger partial charge in [-0.2, -0.15) is 0 Å². The molecule has 192 valence electrons. The molecule has 0 aliphatic carbocycles. The number of benzene rings is 1. The van der Waals surface area contributed by atoms with E-state index in [2.05, 4.69) is 0 Å². The number of hydrogen-bond acceptors (Lipinski definition) is 8. The van der Waals surface area contributed by atoms with Gasteiger partial charge in [0.1, 0.15) is 0 Å². The molecule has 1 fully saturated rings. The van der Waals surface area contributed by atoms with Gasteiger partial charge < -0.3 is 19.3 Å². The van der Waals surface area contributed by atoms with Gasteiger partial charge in [0, 0.05) is 18.8 Å². The normalized spacial score (nSPS) is 20.2. The van der Waals surface area contributed by atoms with E-state index in [1.807, 2.05) is 66.3 Å². The highest BCUT2D eigenvalue weighted by Crippen LogP contribution is 2.45. The second-order valence-corrected chi connectivity index (χ2v) is 10.2. The number of rotatable bonds is 7. The van der Waals surface area contributed by atoms with Crippen LogP contribution in [0.25, 0.3) is 0 Å². The Labute approximate surface area is 216 Å². The number of thioether (sulfide) groups is 1. The summed E-state index contributed by atoms with van der Waals surface area (Å²) in [5.74, 6) is -0.735. The average molecular weight is 512 g/mol. The Kier molecular flexibility index (Phi) is 8.18. The lowest BCUT2D eigenvalue weighted by atomic mass is 9.93. The number of amidine groups is 1. The highest BCUT2D eigenvalue weighted by Gasteiger charge is 2.41. The summed E-state index contributed by atoms with van der Waals surface area (Å²) < 4.78 is 10.7. The molecule has 1 saturated heterocycles. The van der Waals surface area contributed by atoms with Crippen LogP contribution in [0.2, 0.25) is 0 Å². The van der Waals surface area contributed by atoms with Crippen LogP contribution in [-0.2, 0) is 23.9 Å². The fourth-order valence-corrected chi connectivity index (χ4v) is 5.71. The maximum atomic E-state index is 13.3. The van der Waals surface area contributed by atoms with Crippen molar-refractivity contribution in [2.45, 2.75) is 59.1 Å². The summed E-state index contributed by atoms with van der Waals surface area (Å²) in [4.78, 5) is 47.0. The van der Waals surface area contributed by atoms with E-state index in [1.54, 1.807) is 6.92 Å². The minimum Gasteiger partial charge on any atom is -0.466 e. The average Bonchev–Trinajstić information content (AvgIpc) is 3.25. The van der Waals surface area contributed by atoms with Gasteiger partial charge in [0.15, 0.2) is 5.17 Å². The molecule has 8 nitrogen and oxygen atoms in total. The zero-order valence-electron chi connectivity index (χ0n) is 21.2. The lowest BCUT2D eigenvalue weighted by Gasteiger charge is -2.37. The van der Waals surface area contributed by atoms with Crippen LogP contribution >= 0.6 is 11.8 Å². The summed E-state index contributed by atoms with van der Waals surface area (Å²) in [6, 6.07) is 9.33. The third kappa shape index (κ3) is 5.51. The topological polar surface area (TPSA) is 88.5 Å². The number of ether oxygens (including phenoxy) is 2. The molecule has 0 radical (unpaired) electrons. The number of amides is 1. The molecule has 1 aromatic carbocycles. The summed E-state index contributed by atoms with van der Waals surface area (Å²) in [7, 11) is 0. The molecule has 0 N–H and O–H groups in total. The number of piperidine rings is 1. The second-order valence-electron chi connectivity index (χ2n) is 9.34. The van der Waals surface area contributed by atoms with Crippen molar-refractivity contribution in [2.75, 3.05) is 19.7 Å². The number of esters is 2. The van der Waals surface area contributed by atoms with Crippen molar-refractivity contribution in [3.05, 3.63) is 58.3 Å². The molecule has 0 aromatic heterocycles. The lowest BCUT2D eigenvalue weighted by Crippen LogP contribution is -2.42. The van der Waals surface area contributed by atoms with E-state index in [4.69, 9.17) is 14.5 Å². The number of likely N-dealkylation sites (tertiary alicyclic amines) is 1. The first kappa shape index (κ1) is 26.0. The van der Waals surface area contributed by atoms with Crippen LogP contribution in [0, 0.1) is 5.92 Å². The largest absolute Gasteiger partial charge is 0.466 e. The SMILES string of the molecule is CCOC(=O)C1CCN(C(=O)CC2=CSC3=NC(C)=C(C(=O)OC(C)C)[C@H](c4ccccc4)N23)CC1. The Hall–Kier alpha value is -3.07. The Morgan fingerprint density at radius 3 is 2.47 bits per heavy atom. The first-order valence-electron chi connectivity index (χ1n) is 12.4. The van der Waals surface area contributed by atoms with Crippen molar-refractivity contribution in [3.63, 3.8) is 0 Å². The van der Waals surface area contributed by atoms with Gasteiger partial charge in [-0.15, -0.1) is 0 Å². The Bertz CT molecular complexity index is 1100. The second kappa shape index (κ2) is 11.3. The molecule has 36 heavy (non-hydrogen) atoms. The van der Waals surface area contributed by atoms with Gasteiger partial charge in [0.2, 0.25) is 5.91 Å². The quantitative estimate of drug-likeness (QED) is 0.501. The third-order valence-electron chi connectivity index (χ3n) is 6.48. The van der Waals surface area contributed by atoms with Crippen molar-refractivity contribution in [2.24, 2.45) is 10.9 Å². The highest BCUT2D eigenvalue weighted by molar-refractivity contribution is 8.16. The summed E-state index contributed by atoms with van der Waals surface area (Å²) in [5.41, 5.74) is 2.83. The van der Waals surface area contributed by atoms with E-state index in [-0.39, 0.29) is 30.3 Å². The molecule has 1 atom stereocenters. The van der Waals surface area contributed by atoms with Gasteiger partial charge in [-0.05, 0) is 51.5 Å². The monoisotopic (exact) mass is 511 g/mol. The van der Waals surface area contributed by atoms with E-state index in [0.29, 0.717) is 43.8 Å². The molecule has 3 heterocycles. The highest BCUT2D eigenvalue weighted by atomic mass is 32.2. The van der Waals surface area contributed by atoms with Crippen LogP contribution in [0.15, 0.2) is 57.7 Å². The van der Waals surface area contributed by atoms with E-state index >= 15 is 0 Å². The number of fused-ring (bicyclic) bond motifs is 1. The first-order chi connectivity index (χ1) is 17.3. The number of allylic oxidation sites excluding steroid dienone is 1. The minimum atomic E-state index is -0.437. The summed E-state index contributed by atoms with van der Waals surface area (Å²) in [6.07, 6.45) is 1.13. The van der Waals surface area contributed by atoms with E-state index in [0.717, 1.165) is 16.4 Å². The van der Waals surface area contributed by atoms with Crippen LogP contribution in [0.1, 0.15) is 58.6 Å². The zero-order chi connectivity index (χ0) is 25.8. The van der Waals surface area contributed by atoms with Gasteiger partial charge in [-0.3, -0.25) is 9.59 Å². The summed E-state index contributed by atoms with van der Waals surface area (Å²) in [6.45, 7) is 8.69. The molecule has 0 saturated carbocycles. The number of carbonyl (C=O) groups is 3. The Morgan fingerprint density at radius 2 is 1.83 bits per heavy atom. The number of aliphatic imine (C=N–C) groups is 1. The van der Waals surface area contributed by atoms with Crippen LogP contribution in [0.5, 0.6) is 0 Å². The molecule has 3 aliphatic rings. The van der Waals surface area contributed by atoms with Crippen LogP contribution in [-0.4, -0.2) is 58.6 Å². The Balaban J connectivity index is 1.54. The van der Waals surface area contributed by atoms with Crippen molar-refractivity contribution in [1.82, 2.24) is 9.80 Å². The standard InChI is InChI=1S/C27H33N3O5S/c1-5-34-25(32)20-11-13-29(14-12-20)22(31)15-21-16-36-27-28-18(4)23(26(33)35-17(2)3)24(30(21)27)19-9-7-6-8-10-19/h6-10,16-17,20,24H,5,11-15H2,1-4H3/t24-/m0/s1. The first-order valence-corrected chi connectivity index (χ1v) is 13.3. The molecular formula is C27H33N3O5S. The fraction of sp³-hybridized carbons (Fsp3) is 0.481. The lowest BCUT2D eigenvalue weighted by molar-refractivity contribution is -0.151. The van der Waals surface area contributed by atoms with Crippen LogP contribution < -0.4 is 0 Å². The molecule has 3 aliphatic heterocycles. The molecule has 1 aromatic rings. The minimum absolute atomic E-state index is 0.00481. The summed E-state index contributed by atoms with van der Waals surface area (Å²) in [5, 5.41) is 2.69. The predicted molar refractivity (Wildman–Crippen MR) is 139 cm³/mol. The van der Waals surface area contributed by atoms with Gasteiger partial charge in [-0.1, -0.05) is 42.1 Å². The maximum Gasteiger partial charge on any atom is 0.338 e. The number of carbonyl (C=O) groups excluding carboxylic acids is 3. The third-order valence-corrected chi connectivity index (χ3v) is 7.37. The van der Waals surface area contributed by atoms with Crippen LogP contribution in [0.4, 0.5) is 0 Å². The van der Waals surface area contributed by atoms with Gasteiger partial charge in [-0.25, -0.2) is 9.79 Å². The van der Waals surface area contributed by atoms with Crippen molar-refractivity contribution >= 4 is 34.8 Å². The molecule has 4 rings (SSSR count). The molecule has 1 amide bonds. The van der Waals surface area contributed by atoms with Crippen LogP contribution in [0.3, 0.4) is 0 Å². The van der Waals surface area contributed by atoms with Gasteiger partial charge in [0.05, 0.1) is 42.4 Å². The molecule has 0 bridgehead atoms. The van der Waals surface area contributed by atoms with E-state index in [1.165, 1.54) is 11.8 Å². The number of nitrogens with zero attached hydrogens (tertiary/aromatic N) is 3. The smallest absolute Gasteiger partial charge is 0.338 e. The van der Waals surface area contributed by atoms with Crippen molar-refractivity contribution < 1.29 is 23.9 Å². The van der Waals surface area contributed by atoms with Crippen molar-refractivity contribution in [3.8, 4) is 0 Å². The van der Waals surface area contributed by atoms with E-state index in [9.17, 15) is 14.4 Å². The zero-order valence-corrected chi connectivity index (χ0v) is 22.0.